The molecule has 76 valence electrons. The minimum atomic E-state index is -0.220. The average molecular weight is 209 g/mol. The highest BCUT2D eigenvalue weighted by atomic mass is 32.2. The van der Waals surface area contributed by atoms with Crippen molar-refractivity contribution in [3.8, 4) is 0 Å². The molecule has 0 aromatic heterocycles. The lowest BCUT2D eigenvalue weighted by molar-refractivity contribution is 0.161. The third-order valence-electron chi connectivity index (χ3n) is 2.94. The number of hydrogen-bond donors (Lipinski definition) is 2. The van der Waals surface area contributed by atoms with E-state index in [2.05, 4.69) is 23.5 Å². The maximum Gasteiger partial charge on any atom is 0.0685 e. The van der Waals surface area contributed by atoms with E-state index in [1.807, 2.05) is 24.9 Å². The van der Waals surface area contributed by atoms with Crippen LogP contribution >= 0.6 is 11.8 Å². The molecule has 3 heteroatoms. The van der Waals surface area contributed by atoms with E-state index < -0.39 is 0 Å². The molecule has 0 saturated carbocycles. The van der Waals surface area contributed by atoms with Crippen LogP contribution in [-0.2, 0) is 5.54 Å². The van der Waals surface area contributed by atoms with Crippen LogP contribution in [0.25, 0.3) is 0 Å². The second kappa shape index (κ2) is 3.93. The Balaban J connectivity index is 2.48. The van der Waals surface area contributed by atoms with Gasteiger partial charge >= 0.3 is 0 Å². The van der Waals surface area contributed by atoms with Gasteiger partial charge in [0.15, 0.2) is 0 Å². The Labute approximate surface area is 88.7 Å². The minimum Gasteiger partial charge on any atom is -0.394 e. The molecule has 0 saturated heterocycles. The first-order valence-electron chi connectivity index (χ1n) is 4.84. The normalized spacial score (nSPS) is 25.9. The molecular formula is C11H15NOS. The molecule has 1 aromatic carbocycles. The van der Waals surface area contributed by atoms with Gasteiger partial charge in [-0.05, 0) is 25.1 Å². The highest BCUT2D eigenvalue weighted by molar-refractivity contribution is 7.99. The van der Waals surface area contributed by atoms with E-state index in [4.69, 9.17) is 0 Å². The van der Waals surface area contributed by atoms with Crippen LogP contribution in [0.1, 0.15) is 12.0 Å². The molecule has 0 amide bonds. The predicted molar refractivity (Wildman–Crippen MR) is 59.6 cm³/mol. The fourth-order valence-corrected chi connectivity index (χ4v) is 3.22. The van der Waals surface area contributed by atoms with Crippen molar-refractivity contribution in [2.75, 3.05) is 19.4 Å². The van der Waals surface area contributed by atoms with Crippen LogP contribution in [0.4, 0.5) is 0 Å². The molecule has 1 unspecified atom stereocenters. The van der Waals surface area contributed by atoms with Crippen LogP contribution in [0.5, 0.6) is 0 Å². The Morgan fingerprint density at radius 1 is 1.50 bits per heavy atom. The lowest BCUT2D eigenvalue weighted by atomic mass is 9.87. The van der Waals surface area contributed by atoms with E-state index in [9.17, 15) is 5.11 Å². The summed E-state index contributed by atoms with van der Waals surface area (Å²) in [5.41, 5.74) is 1.02. The SMILES string of the molecule is CNC1(CO)CCSc2ccccc21. The summed E-state index contributed by atoms with van der Waals surface area (Å²) in [7, 11) is 1.92. The molecule has 0 aliphatic carbocycles. The van der Waals surface area contributed by atoms with Crippen LogP contribution in [0.3, 0.4) is 0 Å². The van der Waals surface area contributed by atoms with Gasteiger partial charge in [-0.2, -0.15) is 0 Å². The Morgan fingerprint density at radius 3 is 3.00 bits per heavy atom. The number of benzene rings is 1. The number of thioether (sulfide) groups is 1. The second-order valence-corrected chi connectivity index (χ2v) is 4.72. The number of rotatable bonds is 2. The van der Waals surface area contributed by atoms with Crippen LogP contribution in [0, 0.1) is 0 Å². The van der Waals surface area contributed by atoms with E-state index in [0.29, 0.717) is 0 Å². The van der Waals surface area contributed by atoms with Gasteiger partial charge in [0, 0.05) is 10.6 Å². The second-order valence-electron chi connectivity index (χ2n) is 3.58. The van der Waals surface area contributed by atoms with Gasteiger partial charge in [-0.15, -0.1) is 11.8 Å². The molecule has 1 atom stereocenters. The maximum atomic E-state index is 9.52. The average Bonchev–Trinajstić information content (AvgIpc) is 2.28. The van der Waals surface area contributed by atoms with Crippen LogP contribution in [0.15, 0.2) is 29.2 Å². The van der Waals surface area contributed by atoms with Gasteiger partial charge < -0.3 is 10.4 Å². The van der Waals surface area contributed by atoms with Crippen molar-refractivity contribution in [1.29, 1.82) is 0 Å². The molecule has 0 spiro atoms. The smallest absolute Gasteiger partial charge is 0.0685 e. The monoisotopic (exact) mass is 209 g/mol. The molecule has 0 fully saturated rings. The Bertz CT molecular complexity index is 323. The molecular weight excluding hydrogens is 194 g/mol. The number of fused-ring (bicyclic) bond motifs is 1. The van der Waals surface area contributed by atoms with Gasteiger partial charge in [0.1, 0.15) is 0 Å². The lowest BCUT2D eigenvalue weighted by Crippen LogP contribution is -2.45. The van der Waals surface area contributed by atoms with Gasteiger partial charge in [-0.1, -0.05) is 18.2 Å². The maximum absolute atomic E-state index is 9.52. The number of hydrogen-bond acceptors (Lipinski definition) is 3. The van der Waals surface area contributed by atoms with Gasteiger partial charge in [-0.3, -0.25) is 0 Å². The van der Waals surface area contributed by atoms with E-state index >= 15 is 0 Å². The molecule has 0 radical (unpaired) electrons. The fraction of sp³-hybridized carbons (Fsp3) is 0.455. The van der Waals surface area contributed by atoms with E-state index in [0.717, 1.165) is 12.2 Å². The van der Waals surface area contributed by atoms with Gasteiger partial charge in [0.05, 0.1) is 12.1 Å². The fourth-order valence-electron chi connectivity index (χ4n) is 1.96. The molecule has 14 heavy (non-hydrogen) atoms. The highest BCUT2D eigenvalue weighted by Crippen LogP contribution is 2.39. The number of nitrogens with one attached hydrogen (secondary N) is 1. The van der Waals surface area contributed by atoms with Crippen molar-refractivity contribution in [1.82, 2.24) is 5.32 Å². The topological polar surface area (TPSA) is 32.3 Å². The molecule has 0 bridgehead atoms. The van der Waals surface area contributed by atoms with Crippen molar-refractivity contribution in [2.24, 2.45) is 0 Å². The summed E-state index contributed by atoms with van der Waals surface area (Å²) in [6, 6.07) is 8.32. The zero-order valence-electron chi connectivity index (χ0n) is 8.29. The summed E-state index contributed by atoms with van der Waals surface area (Å²) >= 11 is 1.87. The summed E-state index contributed by atoms with van der Waals surface area (Å²) in [5, 5.41) is 12.8. The zero-order valence-corrected chi connectivity index (χ0v) is 9.10. The number of likely N-dealkylation sites (N-methyl/N-ethyl adjacent to an activating group) is 1. The zero-order chi connectivity index (χ0) is 10.0. The summed E-state index contributed by atoms with van der Waals surface area (Å²) in [4.78, 5) is 1.29. The van der Waals surface area contributed by atoms with Crippen LogP contribution in [-0.4, -0.2) is 24.5 Å². The molecule has 1 aromatic rings. The summed E-state index contributed by atoms with van der Waals surface area (Å²) in [6.45, 7) is 0.168. The van der Waals surface area contributed by atoms with Gasteiger partial charge in [0.2, 0.25) is 0 Å². The largest absolute Gasteiger partial charge is 0.394 e. The van der Waals surface area contributed by atoms with Gasteiger partial charge in [0.25, 0.3) is 0 Å². The van der Waals surface area contributed by atoms with Crippen molar-refractivity contribution in [3.63, 3.8) is 0 Å². The van der Waals surface area contributed by atoms with Crippen molar-refractivity contribution < 1.29 is 5.11 Å². The summed E-state index contributed by atoms with van der Waals surface area (Å²) in [6.07, 6.45) is 0.988. The van der Waals surface area contributed by atoms with E-state index in [1.165, 1.54) is 10.5 Å². The third-order valence-corrected chi connectivity index (χ3v) is 4.01. The molecule has 1 aliphatic heterocycles. The molecule has 2 rings (SSSR count). The summed E-state index contributed by atoms with van der Waals surface area (Å²) in [5.74, 6) is 1.07. The highest BCUT2D eigenvalue weighted by Gasteiger charge is 2.34. The van der Waals surface area contributed by atoms with Gasteiger partial charge in [-0.25, -0.2) is 0 Å². The predicted octanol–water partition coefficient (Wildman–Crippen LogP) is 1.59. The Morgan fingerprint density at radius 2 is 2.29 bits per heavy atom. The standard InChI is InChI=1S/C11H15NOS/c1-12-11(8-13)6-7-14-10-5-3-2-4-9(10)11/h2-5,12-13H,6-8H2,1H3. The Hall–Kier alpha value is -0.510. The van der Waals surface area contributed by atoms with Crippen molar-refractivity contribution in [2.45, 2.75) is 16.9 Å². The third kappa shape index (κ3) is 1.45. The molecule has 1 aliphatic rings. The van der Waals surface area contributed by atoms with Crippen molar-refractivity contribution >= 4 is 11.8 Å². The first-order valence-corrected chi connectivity index (χ1v) is 5.83. The molecule has 1 heterocycles. The lowest BCUT2D eigenvalue weighted by Gasteiger charge is -2.37. The Kier molecular flexibility index (Phi) is 2.81. The number of aliphatic hydroxyl groups is 1. The minimum absolute atomic E-state index is 0.168. The quantitative estimate of drug-likeness (QED) is 0.776. The number of aliphatic hydroxyl groups excluding tert-OH is 1. The van der Waals surface area contributed by atoms with E-state index in [1.54, 1.807) is 0 Å². The van der Waals surface area contributed by atoms with Crippen LogP contribution in [0.2, 0.25) is 0 Å². The van der Waals surface area contributed by atoms with E-state index in [-0.39, 0.29) is 12.1 Å². The van der Waals surface area contributed by atoms with Crippen LogP contribution < -0.4 is 5.32 Å². The molecule has 2 N–H and O–H groups in total. The van der Waals surface area contributed by atoms with Crippen molar-refractivity contribution in [3.05, 3.63) is 29.8 Å². The molecule has 2 nitrogen and oxygen atoms in total. The first-order chi connectivity index (χ1) is 6.82. The summed E-state index contributed by atoms with van der Waals surface area (Å²) < 4.78 is 0. The first kappa shape index (κ1) is 10.0.